The van der Waals surface area contributed by atoms with E-state index in [1.807, 2.05) is 25.1 Å². The highest BCUT2D eigenvalue weighted by atomic mass is 14.9. The number of pyridine rings is 1. The molecule has 1 aromatic heterocycles. The minimum Gasteiger partial charge on any atom is -0.657 e. The molecule has 1 rings (SSSR count). The molecule has 0 N–H and O–H groups in total. The molecular formula is C8H11N2-. The van der Waals surface area contributed by atoms with Gasteiger partial charge in [0.1, 0.15) is 0 Å². The first-order chi connectivity index (χ1) is 4.84. The van der Waals surface area contributed by atoms with E-state index in [0.717, 1.165) is 5.69 Å². The van der Waals surface area contributed by atoms with E-state index in [2.05, 4.69) is 10.3 Å². The maximum atomic E-state index is 4.16. The van der Waals surface area contributed by atoms with Gasteiger partial charge in [-0.25, -0.2) is 0 Å². The standard InChI is InChI=1S/C8H11N2/c1-7(9-2)8-5-3-4-6-10-8/h3-7H,1-2H3/q-1. The third-order valence-electron chi connectivity index (χ3n) is 1.50. The van der Waals surface area contributed by atoms with Crippen molar-refractivity contribution in [1.29, 1.82) is 0 Å². The lowest BCUT2D eigenvalue weighted by atomic mass is 10.2. The second-order valence-corrected chi connectivity index (χ2v) is 2.19. The Labute approximate surface area is 61.3 Å². The Bertz CT molecular complexity index is 184. The molecule has 0 saturated carbocycles. The summed E-state index contributed by atoms with van der Waals surface area (Å²) < 4.78 is 0. The van der Waals surface area contributed by atoms with Gasteiger partial charge in [-0.3, -0.25) is 4.98 Å². The minimum absolute atomic E-state index is 0.223. The Morgan fingerprint density at radius 3 is 2.80 bits per heavy atom. The minimum atomic E-state index is 0.223. The Hall–Kier alpha value is -0.890. The molecule has 1 atom stereocenters. The Morgan fingerprint density at radius 1 is 1.50 bits per heavy atom. The van der Waals surface area contributed by atoms with Crippen molar-refractivity contribution in [2.45, 2.75) is 13.0 Å². The zero-order valence-electron chi connectivity index (χ0n) is 6.28. The molecule has 0 amide bonds. The SMILES string of the molecule is C[N-]C(C)c1ccccn1. The van der Waals surface area contributed by atoms with Gasteiger partial charge < -0.3 is 5.32 Å². The van der Waals surface area contributed by atoms with Crippen LogP contribution in [0, 0.1) is 0 Å². The lowest BCUT2D eigenvalue weighted by Gasteiger charge is -2.21. The van der Waals surface area contributed by atoms with Crippen LogP contribution in [0.2, 0.25) is 0 Å². The van der Waals surface area contributed by atoms with Crippen LogP contribution in [0.25, 0.3) is 5.32 Å². The fourth-order valence-corrected chi connectivity index (χ4v) is 0.755. The summed E-state index contributed by atoms with van der Waals surface area (Å²) >= 11 is 0. The summed E-state index contributed by atoms with van der Waals surface area (Å²) in [5, 5.41) is 4.10. The van der Waals surface area contributed by atoms with E-state index in [4.69, 9.17) is 0 Å². The fraction of sp³-hybridized carbons (Fsp3) is 0.375. The molecule has 54 valence electrons. The summed E-state index contributed by atoms with van der Waals surface area (Å²) in [4.78, 5) is 4.16. The van der Waals surface area contributed by atoms with E-state index < -0.39 is 0 Å². The lowest BCUT2D eigenvalue weighted by molar-refractivity contribution is 0.865. The van der Waals surface area contributed by atoms with Crippen LogP contribution in [0.1, 0.15) is 18.7 Å². The molecule has 0 saturated heterocycles. The Balaban J connectivity index is 2.75. The van der Waals surface area contributed by atoms with E-state index in [1.54, 1.807) is 13.2 Å². The third kappa shape index (κ3) is 1.54. The molecule has 2 heteroatoms. The predicted octanol–water partition coefficient (Wildman–Crippen LogP) is 2.15. The molecule has 0 bridgehead atoms. The van der Waals surface area contributed by atoms with Gasteiger partial charge in [0, 0.05) is 11.9 Å². The maximum absolute atomic E-state index is 4.16. The molecule has 0 fully saturated rings. The van der Waals surface area contributed by atoms with Crippen molar-refractivity contribution in [2.75, 3.05) is 7.05 Å². The first-order valence-electron chi connectivity index (χ1n) is 3.34. The summed E-state index contributed by atoms with van der Waals surface area (Å²) in [5.41, 5.74) is 1.03. The van der Waals surface area contributed by atoms with Gasteiger partial charge in [-0.05, 0) is 12.1 Å². The number of rotatable bonds is 2. The quantitative estimate of drug-likeness (QED) is 0.610. The van der Waals surface area contributed by atoms with E-state index in [9.17, 15) is 0 Å². The monoisotopic (exact) mass is 135 g/mol. The first-order valence-corrected chi connectivity index (χ1v) is 3.34. The van der Waals surface area contributed by atoms with Crippen molar-refractivity contribution < 1.29 is 0 Å². The number of aromatic nitrogens is 1. The first kappa shape index (κ1) is 7.22. The van der Waals surface area contributed by atoms with Crippen LogP contribution in [0.5, 0.6) is 0 Å². The number of nitrogens with zero attached hydrogens (tertiary/aromatic N) is 2. The van der Waals surface area contributed by atoms with Crippen LogP contribution >= 0.6 is 0 Å². The van der Waals surface area contributed by atoms with Gasteiger partial charge in [0.2, 0.25) is 0 Å². The molecule has 1 unspecified atom stereocenters. The molecular weight excluding hydrogens is 124 g/mol. The normalized spacial score (nSPS) is 13.0. The van der Waals surface area contributed by atoms with Crippen molar-refractivity contribution >= 4 is 0 Å². The molecule has 0 aliphatic heterocycles. The molecule has 0 aliphatic rings. The average molecular weight is 135 g/mol. The summed E-state index contributed by atoms with van der Waals surface area (Å²) in [7, 11) is 1.80. The lowest BCUT2D eigenvalue weighted by Crippen LogP contribution is -1.92. The average Bonchev–Trinajstić information content (AvgIpc) is 2.05. The van der Waals surface area contributed by atoms with Gasteiger partial charge in [0.15, 0.2) is 0 Å². The van der Waals surface area contributed by atoms with Gasteiger partial charge in [0.05, 0.1) is 0 Å². The Morgan fingerprint density at radius 2 is 2.30 bits per heavy atom. The molecule has 0 aliphatic carbocycles. The highest BCUT2D eigenvalue weighted by Gasteiger charge is 1.91. The van der Waals surface area contributed by atoms with E-state index in [-0.39, 0.29) is 6.04 Å². The number of hydrogen-bond acceptors (Lipinski definition) is 1. The maximum Gasteiger partial charge on any atom is 0.0270 e. The molecule has 0 spiro atoms. The predicted molar refractivity (Wildman–Crippen MR) is 41.9 cm³/mol. The molecule has 0 aromatic carbocycles. The van der Waals surface area contributed by atoms with Gasteiger partial charge in [-0.2, -0.15) is 7.05 Å². The molecule has 2 nitrogen and oxygen atoms in total. The second kappa shape index (κ2) is 3.32. The summed E-state index contributed by atoms with van der Waals surface area (Å²) in [5.74, 6) is 0. The van der Waals surface area contributed by atoms with E-state index >= 15 is 0 Å². The topological polar surface area (TPSA) is 27.0 Å². The van der Waals surface area contributed by atoms with Crippen LogP contribution in [-0.4, -0.2) is 12.0 Å². The smallest absolute Gasteiger partial charge is 0.0270 e. The highest BCUT2D eigenvalue weighted by Crippen LogP contribution is 2.15. The summed E-state index contributed by atoms with van der Waals surface area (Å²) in [6.45, 7) is 2.03. The van der Waals surface area contributed by atoms with Gasteiger partial charge in [0.25, 0.3) is 0 Å². The zero-order chi connectivity index (χ0) is 7.40. The third-order valence-corrected chi connectivity index (χ3v) is 1.50. The van der Waals surface area contributed by atoms with Crippen molar-refractivity contribution in [3.63, 3.8) is 0 Å². The van der Waals surface area contributed by atoms with Crippen molar-refractivity contribution in [3.05, 3.63) is 35.4 Å². The van der Waals surface area contributed by atoms with Crippen LogP contribution in [0.3, 0.4) is 0 Å². The van der Waals surface area contributed by atoms with Crippen molar-refractivity contribution in [1.82, 2.24) is 4.98 Å². The van der Waals surface area contributed by atoms with Gasteiger partial charge >= 0.3 is 0 Å². The van der Waals surface area contributed by atoms with Crippen LogP contribution < -0.4 is 0 Å². The largest absolute Gasteiger partial charge is 0.657 e. The molecule has 1 aromatic rings. The molecule has 1 heterocycles. The van der Waals surface area contributed by atoms with Crippen molar-refractivity contribution in [3.8, 4) is 0 Å². The van der Waals surface area contributed by atoms with Crippen LogP contribution in [-0.2, 0) is 0 Å². The molecule has 0 radical (unpaired) electrons. The van der Waals surface area contributed by atoms with Gasteiger partial charge in [-0.15, -0.1) is 0 Å². The highest BCUT2D eigenvalue weighted by molar-refractivity contribution is 5.12. The van der Waals surface area contributed by atoms with Crippen LogP contribution in [0.4, 0.5) is 0 Å². The number of hydrogen-bond donors (Lipinski definition) is 0. The van der Waals surface area contributed by atoms with Crippen LogP contribution in [0.15, 0.2) is 24.4 Å². The summed E-state index contributed by atoms with van der Waals surface area (Å²) in [6, 6.07) is 6.09. The zero-order valence-corrected chi connectivity index (χ0v) is 6.28. The Kier molecular flexibility index (Phi) is 2.40. The summed E-state index contributed by atoms with van der Waals surface area (Å²) in [6.07, 6.45) is 1.79. The van der Waals surface area contributed by atoms with E-state index in [1.165, 1.54) is 0 Å². The van der Waals surface area contributed by atoms with Gasteiger partial charge in [-0.1, -0.05) is 19.0 Å². The van der Waals surface area contributed by atoms with Crippen molar-refractivity contribution in [2.24, 2.45) is 0 Å². The van der Waals surface area contributed by atoms with E-state index in [0.29, 0.717) is 0 Å². The molecule has 10 heavy (non-hydrogen) atoms. The second-order valence-electron chi connectivity index (χ2n) is 2.19. The fourth-order valence-electron chi connectivity index (χ4n) is 0.755.